The van der Waals surface area contributed by atoms with Gasteiger partial charge in [0.15, 0.2) is 5.78 Å². The lowest BCUT2D eigenvalue weighted by Crippen LogP contribution is -2.57. The summed E-state index contributed by atoms with van der Waals surface area (Å²) < 4.78 is 5.13. The van der Waals surface area contributed by atoms with Gasteiger partial charge in [-0.3, -0.25) is 25.0 Å². The van der Waals surface area contributed by atoms with E-state index in [9.17, 15) is 19.2 Å². The molecule has 1 unspecified atom stereocenters. The summed E-state index contributed by atoms with van der Waals surface area (Å²) in [6.07, 6.45) is -0.0595. The van der Waals surface area contributed by atoms with Crippen LogP contribution in [0.3, 0.4) is 0 Å². The Morgan fingerprint density at radius 2 is 1.56 bits per heavy atom. The smallest absolute Gasteiger partial charge is 0.328 e. The van der Waals surface area contributed by atoms with Gasteiger partial charge in [0, 0.05) is 17.9 Å². The molecule has 27 heavy (non-hydrogen) atoms. The average Bonchev–Trinajstić information content (AvgIpc) is 2.67. The van der Waals surface area contributed by atoms with Gasteiger partial charge in [-0.05, 0) is 17.7 Å². The first kappa shape index (κ1) is 18.3. The molecule has 1 aliphatic rings. The van der Waals surface area contributed by atoms with E-state index >= 15 is 0 Å². The molecular weight excluding hydrogens is 348 g/mol. The molecule has 4 amide bonds. The number of Topliss-reactive ketones (excluding diaryl/α,β-unsaturated/α-hetero) is 1. The second-order valence-electron chi connectivity index (χ2n) is 6.16. The summed E-state index contributed by atoms with van der Waals surface area (Å²) in [5.74, 6) is -2.94. The molecule has 2 aromatic rings. The molecule has 0 spiro atoms. The van der Waals surface area contributed by atoms with Gasteiger partial charge in [0.25, 0.3) is 0 Å². The number of rotatable bonds is 6. The highest BCUT2D eigenvalue weighted by molar-refractivity contribution is 6.17. The molecule has 0 saturated carbocycles. The van der Waals surface area contributed by atoms with Crippen molar-refractivity contribution in [3.05, 3.63) is 65.7 Å². The molecule has 1 aliphatic heterocycles. The monoisotopic (exact) mass is 366 g/mol. The number of imide groups is 2. The van der Waals surface area contributed by atoms with Crippen LogP contribution in [-0.4, -0.2) is 30.7 Å². The van der Waals surface area contributed by atoms with E-state index < -0.39 is 29.7 Å². The van der Waals surface area contributed by atoms with Gasteiger partial charge < -0.3 is 4.74 Å². The topological polar surface area (TPSA) is 102 Å². The van der Waals surface area contributed by atoms with E-state index in [1.807, 2.05) is 0 Å². The number of ketones is 1. The molecule has 0 aromatic heterocycles. The maximum atomic E-state index is 12.7. The van der Waals surface area contributed by atoms with Crippen molar-refractivity contribution in [1.82, 2.24) is 10.6 Å². The Labute approximate surface area is 155 Å². The van der Waals surface area contributed by atoms with Crippen LogP contribution in [0.4, 0.5) is 4.79 Å². The summed E-state index contributed by atoms with van der Waals surface area (Å²) in [6.45, 7) is 0. The minimum absolute atomic E-state index is 0.0595. The second-order valence-corrected chi connectivity index (χ2v) is 6.16. The Bertz CT molecular complexity index is 857. The molecule has 7 heteroatoms. The number of hydrogen-bond acceptors (Lipinski definition) is 5. The Hall–Kier alpha value is -3.48. The molecule has 1 atom stereocenters. The Morgan fingerprint density at radius 1 is 0.963 bits per heavy atom. The highest BCUT2D eigenvalue weighted by atomic mass is 16.5. The predicted octanol–water partition coefficient (Wildman–Crippen LogP) is 2.03. The van der Waals surface area contributed by atoms with Gasteiger partial charge in [-0.1, -0.05) is 42.5 Å². The number of carbonyl (C=O) groups is 4. The van der Waals surface area contributed by atoms with Gasteiger partial charge in [-0.15, -0.1) is 0 Å². The quantitative estimate of drug-likeness (QED) is 0.602. The van der Waals surface area contributed by atoms with E-state index in [1.54, 1.807) is 54.6 Å². The fourth-order valence-corrected chi connectivity index (χ4v) is 3.12. The lowest BCUT2D eigenvalue weighted by Gasteiger charge is -2.28. The van der Waals surface area contributed by atoms with Crippen LogP contribution in [0.25, 0.3) is 0 Å². The van der Waals surface area contributed by atoms with Crippen LogP contribution in [-0.2, 0) is 9.59 Å². The van der Waals surface area contributed by atoms with Crippen LogP contribution in [0, 0.1) is 5.92 Å². The second kappa shape index (κ2) is 7.82. The third kappa shape index (κ3) is 4.03. The minimum Gasteiger partial charge on any atom is -0.497 e. The Balaban J connectivity index is 1.95. The molecule has 1 heterocycles. The Morgan fingerprint density at radius 3 is 2.11 bits per heavy atom. The van der Waals surface area contributed by atoms with E-state index in [0.29, 0.717) is 16.9 Å². The maximum Gasteiger partial charge on any atom is 0.328 e. The number of methoxy groups -OCH3 is 1. The molecule has 0 radical (unpaired) electrons. The highest BCUT2D eigenvalue weighted by Gasteiger charge is 2.41. The van der Waals surface area contributed by atoms with Crippen LogP contribution >= 0.6 is 0 Å². The van der Waals surface area contributed by atoms with Crippen molar-refractivity contribution in [3.8, 4) is 5.75 Å². The molecule has 7 nitrogen and oxygen atoms in total. The number of barbiturate groups is 1. The molecule has 1 saturated heterocycles. The van der Waals surface area contributed by atoms with Gasteiger partial charge in [0.05, 0.1) is 7.11 Å². The van der Waals surface area contributed by atoms with Crippen molar-refractivity contribution in [2.45, 2.75) is 12.3 Å². The third-order valence-corrected chi connectivity index (χ3v) is 4.49. The molecule has 2 N–H and O–H groups in total. The van der Waals surface area contributed by atoms with Gasteiger partial charge >= 0.3 is 6.03 Å². The number of ether oxygens (including phenoxy) is 1. The molecule has 138 valence electrons. The van der Waals surface area contributed by atoms with E-state index in [-0.39, 0.29) is 12.2 Å². The summed E-state index contributed by atoms with van der Waals surface area (Å²) in [4.78, 5) is 48.8. The highest BCUT2D eigenvalue weighted by Crippen LogP contribution is 2.32. The van der Waals surface area contributed by atoms with Gasteiger partial charge in [0.1, 0.15) is 11.7 Å². The van der Waals surface area contributed by atoms with E-state index in [2.05, 4.69) is 10.6 Å². The number of hydrogen-bond donors (Lipinski definition) is 2. The lowest BCUT2D eigenvalue weighted by atomic mass is 9.79. The summed E-state index contributed by atoms with van der Waals surface area (Å²) in [6, 6.07) is 14.6. The number of benzene rings is 2. The summed E-state index contributed by atoms with van der Waals surface area (Å²) in [7, 11) is 1.53. The van der Waals surface area contributed by atoms with Crippen LogP contribution in [0.1, 0.15) is 28.3 Å². The van der Waals surface area contributed by atoms with Crippen molar-refractivity contribution < 1.29 is 23.9 Å². The van der Waals surface area contributed by atoms with E-state index in [0.717, 1.165) is 0 Å². The first-order valence-electron chi connectivity index (χ1n) is 8.37. The maximum absolute atomic E-state index is 12.7. The SMILES string of the molecule is COc1ccc(C(CC(=O)c2ccccc2)C2C(=O)NC(=O)NC2=O)cc1. The molecule has 3 rings (SSSR count). The normalized spacial score (nSPS) is 15.7. The van der Waals surface area contributed by atoms with Gasteiger partial charge in [-0.2, -0.15) is 0 Å². The first-order chi connectivity index (χ1) is 13.0. The molecule has 2 aromatic carbocycles. The van der Waals surface area contributed by atoms with Crippen molar-refractivity contribution in [2.75, 3.05) is 7.11 Å². The van der Waals surface area contributed by atoms with Crippen LogP contribution in [0.15, 0.2) is 54.6 Å². The average molecular weight is 366 g/mol. The zero-order valence-electron chi connectivity index (χ0n) is 14.6. The van der Waals surface area contributed by atoms with Crippen LogP contribution < -0.4 is 15.4 Å². The summed E-state index contributed by atoms with van der Waals surface area (Å²) in [5.41, 5.74) is 1.12. The van der Waals surface area contributed by atoms with Gasteiger partial charge in [-0.25, -0.2) is 4.79 Å². The molecule has 1 fully saturated rings. The summed E-state index contributed by atoms with van der Waals surface area (Å²) in [5, 5.41) is 4.20. The molecular formula is C20H18N2O5. The fraction of sp³-hybridized carbons (Fsp3) is 0.200. The largest absolute Gasteiger partial charge is 0.497 e. The number of carbonyl (C=O) groups excluding carboxylic acids is 4. The van der Waals surface area contributed by atoms with Crippen molar-refractivity contribution in [3.63, 3.8) is 0 Å². The number of urea groups is 1. The van der Waals surface area contributed by atoms with Crippen LogP contribution in [0.5, 0.6) is 5.75 Å². The molecule has 0 aliphatic carbocycles. The predicted molar refractivity (Wildman–Crippen MR) is 96.3 cm³/mol. The standard InChI is InChI=1S/C20H18N2O5/c1-27-14-9-7-12(8-10-14)15(11-16(23)13-5-3-2-4-6-13)17-18(24)21-20(26)22-19(17)25/h2-10,15,17H,11H2,1H3,(H2,21,22,24,25,26). The first-order valence-corrected chi connectivity index (χ1v) is 8.37. The number of nitrogens with one attached hydrogen (secondary N) is 2. The molecule has 0 bridgehead atoms. The van der Waals surface area contributed by atoms with Crippen LogP contribution in [0.2, 0.25) is 0 Å². The Kier molecular flexibility index (Phi) is 5.30. The fourth-order valence-electron chi connectivity index (χ4n) is 3.12. The summed E-state index contributed by atoms with van der Waals surface area (Å²) >= 11 is 0. The lowest BCUT2D eigenvalue weighted by molar-refractivity contribution is -0.136. The van der Waals surface area contributed by atoms with Crippen molar-refractivity contribution in [2.24, 2.45) is 5.92 Å². The third-order valence-electron chi connectivity index (χ3n) is 4.49. The van der Waals surface area contributed by atoms with E-state index in [1.165, 1.54) is 7.11 Å². The van der Waals surface area contributed by atoms with E-state index in [4.69, 9.17) is 4.74 Å². The zero-order chi connectivity index (χ0) is 19.4. The van der Waals surface area contributed by atoms with Gasteiger partial charge in [0.2, 0.25) is 11.8 Å². The minimum atomic E-state index is -1.19. The van der Waals surface area contributed by atoms with Crippen molar-refractivity contribution in [1.29, 1.82) is 0 Å². The number of amides is 4. The van der Waals surface area contributed by atoms with Crippen molar-refractivity contribution >= 4 is 23.6 Å². The zero-order valence-corrected chi connectivity index (χ0v) is 14.6.